The number of carbonyl (C=O) groups is 1. The Morgan fingerprint density at radius 1 is 1.43 bits per heavy atom. The van der Waals surface area contributed by atoms with E-state index in [1.807, 2.05) is 0 Å². The number of nitro benzene ring substituents is 1. The highest BCUT2D eigenvalue weighted by Gasteiger charge is 2.29. The summed E-state index contributed by atoms with van der Waals surface area (Å²) in [5.41, 5.74) is 2.44. The molecule has 3 rings (SSSR count). The second kappa shape index (κ2) is 4.69. The summed E-state index contributed by atoms with van der Waals surface area (Å²) >= 11 is 0. The number of nitrogens with zero attached hydrogens (tertiary/aromatic N) is 3. The van der Waals surface area contributed by atoms with E-state index >= 15 is 0 Å². The Labute approximate surface area is 120 Å². The normalized spacial score (nSPS) is 13.2. The molecule has 1 N–H and O–H groups in total. The van der Waals surface area contributed by atoms with E-state index in [4.69, 9.17) is 0 Å². The highest BCUT2D eigenvalue weighted by molar-refractivity contribution is 5.88. The fourth-order valence-electron chi connectivity index (χ4n) is 2.86. The quantitative estimate of drug-likeness (QED) is 0.689. The Bertz CT molecular complexity index is 764. The zero-order valence-corrected chi connectivity index (χ0v) is 11.4. The maximum atomic E-state index is 11.3. The number of nitro groups is 1. The molecule has 0 saturated heterocycles. The fraction of sp³-hybridized carbons (Fsp3) is 0.286. The molecule has 0 aliphatic heterocycles. The summed E-state index contributed by atoms with van der Waals surface area (Å²) in [5, 5.41) is 24.6. The second-order valence-corrected chi connectivity index (χ2v) is 5.04. The number of rotatable bonds is 3. The Kier molecular flexibility index (Phi) is 2.97. The molecule has 0 spiro atoms. The van der Waals surface area contributed by atoms with Gasteiger partial charge in [0.25, 0.3) is 5.69 Å². The van der Waals surface area contributed by atoms with E-state index in [1.165, 1.54) is 10.7 Å². The van der Waals surface area contributed by atoms with Crippen molar-refractivity contribution in [2.45, 2.75) is 26.2 Å². The number of hydrogen-bond donors (Lipinski definition) is 1. The zero-order chi connectivity index (χ0) is 15.1. The molecular weight excluding hydrogens is 274 g/mol. The smallest absolute Gasteiger partial charge is 0.356 e. The Morgan fingerprint density at radius 2 is 2.19 bits per heavy atom. The number of carboxylic acids is 1. The maximum Gasteiger partial charge on any atom is 0.356 e. The van der Waals surface area contributed by atoms with Gasteiger partial charge in [0, 0.05) is 17.3 Å². The van der Waals surface area contributed by atoms with Crippen molar-refractivity contribution in [1.82, 2.24) is 9.78 Å². The third-order valence-electron chi connectivity index (χ3n) is 3.76. The van der Waals surface area contributed by atoms with Crippen LogP contribution in [0.1, 0.15) is 33.7 Å². The molecule has 0 fully saturated rings. The summed E-state index contributed by atoms with van der Waals surface area (Å²) < 4.78 is 1.44. The van der Waals surface area contributed by atoms with Gasteiger partial charge in [0.05, 0.1) is 4.92 Å². The zero-order valence-electron chi connectivity index (χ0n) is 11.4. The summed E-state index contributed by atoms with van der Waals surface area (Å²) in [7, 11) is 0. The molecule has 0 saturated carbocycles. The van der Waals surface area contributed by atoms with Gasteiger partial charge in [-0.05, 0) is 31.7 Å². The van der Waals surface area contributed by atoms with Crippen LogP contribution in [-0.2, 0) is 12.8 Å². The summed E-state index contributed by atoms with van der Waals surface area (Å²) in [6, 6.07) is 4.77. The van der Waals surface area contributed by atoms with Crippen LogP contribution in [0.2, 0.25) is 0 Å². The first-order valence-electron chi connectivity index (χ1n) is 6.59. The van der Waals surface area contributed by atoms with Crippen LogP contribution < -0.4 is 0 Å². The molecule has 1 aromatic carbocycles. The number of aromatic nitrogens is 2. The van der Waals surface area contributed by atoms with Gasteiger partial charge in [-0.2, -0.15) is 5.10 Å². The number of fused-ring (bicyclic) bond motifs is 1. The third-order valence-corrected chi connectivity index (χ3v) is 3.76. The third kappa shape index (κ3) is 1.97. The van der Waals surface area contributed by atoms with Crippen molar-refractivity contribution in [3.8, 4) is 5.69 Å². The molecule has 0 radical (unpaired) electrons. The maximum absolute atomic E-state index is 11.3. The van der Waals surface area contributed by atoms with Crippen molar-refractivity contribution in [2.75, 3.05) is 0 Å². The molecule has 7 heteroatoms. The molecule has 0 bridgehead atoms. The van der Waals surface area contributed by atoms with Crippen LogP contribution in [-0.4, -0.2) is 25.8 Å². The summed E-state index contributed by atoms with van der Waals surface area (Å²) in [4.78, 5) is 22.1. The van der Waals surface area contributed by atoms with E-state index in [2.05, 4.69) is 5.10 Å². The Balaban J connectivity index is 2.30. The topological polar surface area (TPSA) is 98.3 Å². The minimum Gasteiger partial charge on any atom is -0.476 e. The lowest BCUT2D eigenvalue weighted by Gasteiger charge is -2.09. The van der Waals surface area contributed by atoms with Crippen LogP contribution in [0.15, 0.2) is 18.2 Å². The Hall–Kier alpha value is -2.70. The SMILES string of the molecule is Cc1cccc([N+](=O)[O-])c1-n1nc(C(=O)O)c2c1CCC2. The van der Waals surface area contributed by atoms with Crippen molar-refractivity contribution in [2.24, 2.45) is 0 Å². The molecule has 2 aromatic rings. The summed E-state index contributed by atoms with van der Waals surface area (Å²) in [6.45, 7) is 1.76. The van der Waals surface area contributed by atoms with Crippen LogP contribution in [0, 0.1) is 17.0 Å². The lowest BCUT2D eigenvalue weighted by Crippen LogP contribution is -2.08. The predicted octanol–water partition coefficient (Wildman–Crippen LogP) is 2.28. The molecular formula is C14H13N3O4. The number of aromatic carboxylic acids is 1. The average Bonchev–Trinajstić information content (AvgIpc) is 3.00. The van der Waals surface area contributed by atoms with Crippen LogP contribution in [0.3, 0.4) is 0 Å². The van der Waals surface area contributed by atoms with E-state index < -0.39 is 10.9 Å². The van der Waals surface area contributed by atoms with Gasteiger partial charge in [-0.3, -0.25) is 10.1 Å². The number of benzene rings is 1. The Morgan fingerprint density at radius 3 is 2.86 bits per heavy atom. The first-order valence-corrected chi connectivity index (χ1v) is 6.59. The largest absolute Gasteiger partial charge is 0.476 e. The van der Waals surface area contributed by atoms with Gasteiger partial charge in [0.1, 0.15) is 5.69 Å². The van der Waals surface area contributed by atoms with Crippen molar-refractivity contribution >= 4 is 11.7 Å². The van der Waals surface area contributed by atoms with E-state index in [-0.39, 0.29) is 11.4 Å². The predicted molar refractivity (Wildman–Crippen MR) is 73.9 cm³/mol. The molecule has 1 heterocycles. The lowest BCUT2D eigenvalue weighted by molar-refractivity contribution is -0.384. The van der Waals surface area contributed by atoms with Crippen LogP contribution in [0.4, 0.5) is 5.69 Å². The second-order valence-electron chi connectivity index (χ2n) is 5.04. The first kappa shape index (κ1) is 13.3. The van der Waals surface area contributed by atoms with Gasteiger partial charge >= 0.3 is 5.97 Å². The highest BCUT2D eigenvalue weighted by atomic mass is 16.6. The van der Waals surface area contributed by atoms with Crippen LogP contribution in [0.25, 0.3) is 5.69 Å². The monoisotopic (exact) mass is 287 g/mol. The van der Waals surface area contributed by atoms with E-state index in [0.29, 0.717) is 29.7 Å². The molecule has 1 aliphatic carbocycles. The molecule has 1 aliphatic rings. The first-order chi connectivity index (χ1) is 10.0. The molecule has 7 nitrogen and oxygen atoms in total. The molecule has 21 heavy (non-hydrogen) atoms. The molecule has 0 unspecified atom stereocenters. The van der Waals surface area contributed by atoms with E-state index in [1.54, 1.807) is 19.1 Å². The van der Waals surface area contributed by atoms with Gasteiger partial charge in [0.2, 0.25) is 0 Å². The molecule has 108 valence electrons. The number of hydrogen-bond acceptors (Lipinski definition) is 4. The minimum atomic E-state index is -1.09. The van der Waals surface area contributed by atoms with Gasteiger partial charge in [-0.25, -0.2) is 9.48 Å². The average molecular weight is 287 g/mol. The van der Waals surface area contributed by atoms with E-state index in [0.717, 1.165) is 12.1 Å². The number of aryl methyl sites for hydroxylation is 1. The highest BCUT2D eigenvalue weighted by Crippen LogP contribution is 2.32. The number of para-hydroxylation sites is 1. The van der Waals surface area contributed by atoms with E-state index in [9.17, 15) is 20.0 Å². The van der Waals surface area contributed by atoms with Gasteiger partial charge < -0.3 is 5.11 Å². The minimum absolute atomic E-state index is 0.0000472. The van der Waals surface area contributed by atoms with Gasteiger partial charge in [0.15, 0.2) is 5.69 Å². The number of carboxylic acid groups (broad SMARTS) is 1. The molecule has 0 amide bonds. The van der Waals surface area contributed by atoms with Crippen molar-refractivity contribution < 1.29 is 14.8 Å². The van der Waals surface area contributed by atoms with Crippen LogP contribution in [0.5, 0.6) is 0 Å². The lowest BCUT2D eigenvalue weighted by atomic mass is 10.1. The summed E-state index contributed by atoms with van der Waals surface area (Å²) in [5.74, 6) is -1.09. The standard InChI is InChI=1S/C14H13N3O4/c1-8-4-2-7-11(17(20)21)13(8)16-10-6-3-5-9(10)12(15-16)14(18)19/h2,4,7H,3,5-6H2,1H3,(H,18,19). The van der Waals surface area contributed by atoms with Crippen LogP contribution >= 0.6 is 0 Å². The van der Waals surface area contributed by atoms with Gasteiger partial charge in [-0.1, -0.05) is 12.1 Å². The molecule has 0 atom stereocenters. The van der Waals surface area contributed by atoms with Crippen molar-refractivity contribution in [3.63, 3.8) is 0 Å². The van der Waals surface area contributed by atoms with Crippen molar-refractivity contribution in [1.29, 1.82) is 0 Å². The van der Waals surface area contributed by atoms with Gasteiger partial charge in [-0.15, -0.1) is 0 Å². The summed E-state index contributed by atoms with van der Waals surface area (Å²) in [6.07, 6.45) is 2.17. The molecule has 1 aromatic heterocycles. The van der Waals surface area contributed by atoms with Crippen molar-refractivity contribution in [3.05, 3.63) is 50.8 Å². The fourth-order valence-corrected chi connectivity index (χ4v) is 2.86.